The molecule has 1 heterocycles. The van der Waals surface area contributed by atoms with Crippen molar-refractivity contribution in [3.8, 4) is 5.75 Å². The van der Waals surface area contributed by atoms with Gasteiger partial charge in [-0.15, -0.1) is 5.10 Å². The van der Waals surface area contributed by atoms with Gasteiger partial charge in [-0.25, -0.2) is 9.18 Å². The molecule has 29 heavy (non-hydrogen) atoms. The molecule has 1 aliphatic rings. The number of nitrogens with one attached hydrogen (secondary N) is 1. The molecule has 10 heteroatoms. The van der Waals surface area contributed by atoms with E-state index in [1.165, 1.54) is 30.5 Å². The SMILES string of the molecule is O=C([O-])C[C@@H]1S/C(=N\N=C/c2cccc(OC(=O)c3cccc(F)c3)c2)NC1=O. The van der Waals surface area contributed by atoms with E-state index in [1.54, 1.807) is 18.2 Å². The highest BCUT2D eigenvalue weighted by Gasteiger charge is 2.30. The second kappa shape index (κ2) is 9.11. The number of benzene rings is 2. The molecular formula is C19H13FN3O5S-. The quantitative estimate of drug-likeness (QED) is 0.327. The summed E-state index contributed by atoms with van der Waals surface area (Å²) in [5.74, 6) is -2.82. The van der Waals surface area contributed by atoms with Crippen LogP contribution in [0.25, 0.3) is 0 Å². The molecule has 1 fully saturated rings. The van der Waals surface area contributed by atoms with Crippen molar-refractivity contribution < 1.29 is 28.6 Å². The van der Waals surface area contributed by atoms with E-state index in [0.29, 0.717) is 5.56 Å². The Labute approximate surface area is 168 Å². The molecule has 0 unspecified atom stereocenters. The van der Waals surface area contributed by atoms with Gasteiger partial charge in [0.2, 0.25) is 5.91 Å². The van der Waals surface area contributed by atoms with Gasteiger partial charge in [0.1, 0.15) is 11.6 Å². The van der Waals surface area contributed by atoms with Crippen LogP contribution in [0, 0.1) is 5.82 Å². The average Bonchev–Trinajstić information content (AvgIpc) is 3.00. The van der Waals surface area contributed by atoms with Crippen molar-refractivity contribution in [1.82, 2.24) is 5.32 Å². The Morgan fingerprint density at radius 3 is 2.79 bits per heavy atom. The number of amidine groups is 1. The molecule has 2 aromatic rings. The fourth-order valence-electron chi connectivity index (χ4n) is 2.33. The Kier molecular flexibility index (Phi) is 6.35. The zero-order valence-corrected chi connectivity index (χ0v) is 15.5. The van der Waals surface area contributed by atoms with E-state index in [-0.39, 0.29) is 16.5 Å². The summed E-state index contributed by atoms with van der Waals surface area (Å²) < 4.78 is 18.4. The van der Waals surface area contributed by atoms with E-state index in [2.05, 4.69) is 15.5 Å². The molecule has 1 aliphatic heterocycles. The molecule has 1 N–H and O–H groups in total. The molecule has 0 aromatic heterocycles. The number of carbonyl (C=O) groups is 3. The van der Waals surface area contributed by atoms with E-state index in [4.69, 9.17) is 4.74 Å². The highest BCUT2D eigenvalue weighted by Crippen LogP contribution is 2.22. The number of halogens is 1. The van der Waals surface area contributed by atoms with Crippen LogP contribution in [0.2, 0.25) is 0 Å². The summed E-state index contributed by atoms with van der Waals surface area (Å²) in [6, 6.07) is 11.5. The van der Waals surface area contributed by atoms with Crippen LogP contribution >= 0.6 is 11.8 Å². The first kappa shape index (κ1) is 20.2. The van der Waals surface area contributed by atoms with Gasteiger partial charge in [-0.1, -0.05) is 30.0 Å². The Morgan fingerprint density at radius 2 is 2.03 bits per heavy atom. The molecule has 3 rings (SSSR count). The molecule has 1 saturated heterocycles. The predicted molar refractivity (Wildman–Crippen MR) is 102 cm³/mol. The summed E-state index contributed by atoms with van der Waals surface area (Å²) in [6.45, 7) is 0. The molecule has 1 atom stereocenters. The molecular weight excluding hydrogens is 401 g/mol. The summed E-state index contributed by atoms with van der Waals surface area (Å²) in [6.07, 6.45) is 0.948. The fourth-order valence-corrected chi connectivity index (χ4v) is 3.23. The summed E-state index contributed by atoms with van der Waals surface area (Å²) in [5.41, 5.74) is 0.634. The number of hydrogen-bond donors (Lipinski definition) is 1. The van der Waals surface area contributed by atoms with Crippen molar-refractivity contribution in [2.45, 2.75) is 11.7 Å². The lowest BCUT2D eigenvalue weighted by atomic mass is 10.2. The van der Waals surface area contributed by atoms with Crippen molar-refractivity contribution in [3.05, 3.63) is 65.5 Å². The Bertz CT molecular complexity index is 1020. The van der Waals surface area contributed by atoms with Crippen molar-refractivity contribution in [1.29, 1.82) is 0 Å². The molecule has 0 aliphatic carbocycles. The second-order valence-corrected chi connectivity index (χ2v) is 6.99. The van der Waals surface area contributed by atoms with Crippen molar-refractivity contribution in [3.63, 3.8) is 0 Å². The van der Waals surface area contributed by atoms with Crippen LogP contribution in [0.4, 0.5) is 4.39 Å². The third kappa shape index (κ3) is 5.72. The standard InChI is InChI=1S/C19H14FN3O5S/c20-13-5-2-4-12(8-13)18(27)28-14-6-1-3-11(7-14)10-21-23-19-22-17(26)15(29-19)9-16(24)25/h1-8,10,15H,9H2,(H,24,25)(H,22,23,26)/p-1/b21-10-/t15-/m0/s1. The summed E-state index contributed by atoms with van der Waals surface area (Å²) >= 11 is 0.947. The van der Waals surface area contributed by atoms with Crippen molar-refractivity contribution >= 4 is 41.0 Å². The van der Waals surface area contributed by atoms with Gasteiger partial charge in [0.05, 0.1) is 17.0 Å². The maximum absolute atomic E-state index is 13.2. The Hall–Kier alpha value is -3.53. The fraction of sp³-hybridized carbons (Fsp3) is 0.105. The topological polar surface area (TPSA) is 120 Å². The van der Waals surface area contributed by atoms with Gasteiger partial charge in [-0.05, 0) is 35.9 Å². The lowest BCUT2D eigenvalue weighted by molar-refractivity contribution is -0.305. The monoisotopic (exact) mass is 414 g/mol. The van der Waals surface area contributed by atoms with E-state index in [1.807, 2.05) is 0 Å². The average molecular weight is 414 g/mol. The number of carboxylic acid groups (broad SMARTS) is 1. The summed E-state index contributed by atoms with van der Waals surface area (Å²) in [5, 5.41) is 20.0. The molecule has 0 saturated carbocycles. The first-order valence-electron chi connectivity index (χ1n) is 8.27. The Morgan fingerprint density at radius 1 is 1.24 bits per heavy atom. The molecule has 0 spiro atoms. The van der Waals surface area contributed by atoms with Crippen LogP contribution in [0.5, 0.6) is 5.75 Å². The minimum absolute atomic E-state index is 0.0792. The summed E-state index contributed by atoms with van der Waals surface area (Å²) in [4.78, 5) is 34.3. The maximum atomic E-state index is 13.2. The lowest BCUT2D eigenvalue weighted by Crippen LogP contribution is -2.31. The van der Waals surface area contributed by atoms with Crippen LogP contribution in [-0.2, 0) is 9.59 Å². The van der Waals surface area contributed by atoms with Crippen molar-refractivity contribution in [2.24, 2.45) is 10.2 Å². The highest BCUT2D eigenvalue weighted by atomic mass is 32.2. The smallest absolute Gasteiger partial charge is 0.343 e. The number of esters is 1. The van der Waals surface area contributed by atoms with Crippen LogP contribution in [-0.4, -0.2) is 34.5 Å². The minimum atomic E-state index is -1.33. The number of carbonyl (C=O) groups excluding carboxylic acids is 3. The van der Waals surface area contributed by atoms with Gasteiger partial charge in [0.25, 0.3) is 0 Å². The molecule has 0 radical (unpaired) electrons. The van der Waals surface area contributed by atoms with Gasteiger partial charge >= 0.3 is 5.97 Å². The van der Waals surface area contributed by atoms with Gasteiger partial charge in [0.15, 0.2) is 5.17 Å². The molecule has 8 nitrogen and oxygen atoms in total. The predicted octanol–water partition coefficient (Wildman–Crippen LogP) is 1.11. The zero-order valence-electron chi connectivity index (χ0n) is 14.7. The number of hydrogen-bond acceptors (Lipinski definition) is 8. The number of amides is 1. The highest BCUT2D eigenvalue weighted by molar-refractivity contribution is 8.15. The normalized spacial score (nSPS) is 17.5. The van der Waals surface area contributed by atoms with Gasteiger partial charge in [-0.2, -0.15) is 5.10 Å². The van der Waals surface area contributed by atoms with E-state index >= 15 is 0 Å². The minimum Gasteiger partial charge on any atom is -0.550 e. The number of thioether (sulfide) groups is 1. The molecule has 0 bridgehead atoms. The van der Waals surface area contributed by atoms with E-state index < -0.39 is 35.3 Å². The van der Waals surface area contributed by atoms with Crippen LogP contribution in [0.1, 0.15) is 22.3 Å². The third-order valence-electron chi connectivity index (χ3n) is 3.61. The maximum Gasteiger partial charge on any atom is 0.343 e. The van der Waals surface area contributed by atoms with E-state index in [9.17, 15) is 23.9 Å². The Balaban J connectivity index is 1.63. The van der Waals surface area contributed by atoms with Gasteiger partial charge < -0.3 is 20.0 Å². The van der Waals surface area contributed by atoms with Crippen LogP contribution in [0.3, 0.4) is 0 Å². The van der Waals surface area contributed by atoms with Crippen LogP contribution in [0.15, 0.2) is 58.7 Å². The van der Waals surface area contributed by atoms with Gasteiger partial charge in [0, 0.05) is 12.4 Å². The van der Waals surface area contributed by atoms with Gasteiger partial charge in [-0.3, -0.25) is 4.79 Å². The van der Waals surface area contributed by atoms with Crippen molar-refractivity contribution in [2.75, 3.05) is 0 Å². The lowest BCUT2D eigenvalue weighted by Gasteiger charge is -2.05. The molecule has 148 valence electrons. The zero-order chi connectivity index (χ0) is 20.8. The largest absolute Gasteiger partial charge is 0.550 e. The first-order chi connectivity index (χ1) is 13.9. The van der Waals surface area contributed by atoms with Crippen LogP contribution < -0.4 is 15.2 Å². The number of ether oxygens (including phenoxy) is 1. The first-order valence-corrected chi connectivity index (χ1v) is 9.15. The number of aliphatic carboxylic acids is 1. The number of nitrogens with zero attached hydrogens (tertiary/aromatic N) is 2. The number of carboxylic acids is 1. The number of rotatable bonds is 6. The summed E-state index contributed by atoms with van der Waals surface area (Å²) in [7, 11) is 0. The third-order valence-corrected chi connectivity index (χ3v) is 4.69. The molecule has 2 aromatic carbocycles. The van der Waals surface area contributed by atoms with E-state index in [0.717, 1.165) is 17.8 Å². The second-order valence-electron chi connectivity index (χ2n) is 5.79. The molecule has 1 amide bonds.